The van der Waals surface area contributed by atoms with Gasteiger partial charge in [0.15, 0.2) is 0 Å². The van der Waals surface area contributed by atoms with Crippen LogP contribution in [0, 0.1) is 12.1 Å². The first-order chi connectivity index (χ1) is 16.8. The van der Waals surface area contributed by atoms with E-state index in [0.717, 1.165) is 45.2 Å². The van der Waals surface area contributed by atoms with Crippen molar-refractivity contribution in [2.75, 3.05) is 4.90 Å². The van der Waals surface area contributed by atoms with Gasteiger partial charge in [-0.2, -0.15) is 11.2 Å². The number of hydrogen-bond acceptors (Lipinski definition) is 3. The number of fused-ring (bicyclic) bond motifs is 1. The van der Waals surface area contributed by atoms with Crippen LogP contribution in [0.15, 0.2) is 109 Å². The zero-order valence-corrected chi connectivity index (χ0v) is 21.2. The first-order valence-corrected chi connectivity index (χ1v) is 11.1. The Hall–Kier alpha value is -3.95. The Morgan fingerprint density at radius 2 is 1.49 bits per heavy atom. The standard InChI is InChI=1S/C29H21N5.Pt/c1-32-28-17-6-5-16-27(28)31-29(32)22-10-7-14-25(20-22)34(23-11-3-2-4-12-23)26-15-8-13-24(21-26)33-19-9-18-30-33;/h2-19H,1H3;/q-2;+2. The first kappa shape index (κ1) is 22.8. The molecule has 0 radical (unpaired) electrons. The summed E-state index contributed by atoms with van der Waals surface area (Å²) in [4.78, 5) is 7.02. The van der Waals surface area contributed by atoms with Crippen molar-refractivity contribution in [3.8, 4) is 17.1 Å². The summed E-state index contributed by atoms with van der Waals surface area (Å²) in [5, 5.41) is 4.36. The normalized spacial score (nSPS) is 10.8. The van der Waals surface area contributed by atoms with Gasteiger partial charge in [0, 0.05) is 25.1 Å². The number of nitrogens with zero attached hydrogens (tertiary/aromatic N) is 5. The molecule has 0 aliphatic heterocycles. The molecule has 4 aromatic carbocycles. The second kappa shape index (κ2) is 9.73. The van der Waals surface area contributed by atoms with Crippen molar-refractivity contribution in [2.45, 2.75) is 0 Å². The van der Waals surface area contributed by atoms with Crippen molar-refractivity contribution < 1.29 is 21.1 Å². The molecule has 0 N–H and O–H groups in total. The van der Waals surface area contributed by atoms with Crippen LogP contribution in [0.1, 0.15) is 0 Å². The van der Waals surface area contributed by atoms with E-state index in [-0.39, 0.29) is 21.1 Å². The van der Waals surface area contributed by atoms with Crippen LogP contribution in [-0.4, -0.2) is 19.3 Å². The van der Waals surface area contributed by atoms with Crippen LogP contribution < -0.4 is 4.90 Å². The van der Waals surface area contributed by atoms with Gasteiger partial charge in [0.2, 0.25) is 0 Å². The average Bonchev–Trinajstić information content (AvgIpc) is 3.54. The van der Waals surface area contributed by atoms with Gasteiger partial charge in [0.05, 0.1) is 16.9 Å². The Bertz CT molecular complexity index is 1570. The Balaban J connectivity index is 0.00000253. The zero-order valence-electron chi connectivity index (χ0n) is 18.9. The first-order valence-electron chi connectivity index (χ1n) is 11.1. The fourth-order valence-electron chi connectivity index (χ4n) is 4.21. The summed E-state index contributed by atoms with van der Waals surface area (Å²) in [7, 11) is 2.04. The van der Waals surface area contributed by atoms with Crippen LogP contribution >= 0.6 is 0 Å². The second-order valence-corrected chi connectivity index (χ2v) is 7.98. The summed E-state index contributed by atoms with van der Waals surface area (Å²) in [6, 6.07) is 39.7. The van der Waals surface area contributed by atoms with Crippen molar-refractivity contribution in [3.05, 3.63) is 122 Å². The van der Waals surface area contributed by atoms with E-state index in [1.54, 1.807) is 6.20 Å². The van der Waals surface area contributed by atoms with Gasteiger partial charge in [0.1, 0.15) is 0 Å². The van der Waals surface area contributed by atoms with Gasteiger partial charge >= 0.3 is 21.1 Å². The minimum Gasteiger partial charge on any atom is -0.367 e. The topological polar surface area (TPSA) is 38.9 Å². The number of anilines is 3. The van der Waals surface area contributed by atoms with Crippen molar-refractivity contribution in [1.82, 2.24) is 19.3 Å². The van der Waals surface area contributed by atoms with Crippen molar-refractivity contribution in [1.29, 1.82) is 0 Å². The van der Waals surface area contributed by atoms with Gasteiger partial charge < -0.3 is 9.47 Å². The molecule has 2 heterocycles. The number of benzene rings is 4. The Kier molecular flexibility index (Phi) is 6.34. The maximum absolute atomic E-state index is 4.87. The van der Waals surface area contributed by atoms with Crippen LogP contribution in [0.4, 0.5) is 17.1 Å². The molecule has 6 heteroatoms. The summed E-state index contributed by atoms with van der Waals surface area (Å²) in [6.45, 7) is 0. The van der Waals surface area contributed by atoms with E-state index < -0.39 is 0 Å². The molecule has 0 amide bonds. The van der Waals surface area contributed by atoms with Crippen molar-refractivity contribution in [3.63, 3.8) is 0 Å². The third kappa shape index (κ3) is 4.31. The molecule has 0 spiro atoms. The zero-order chi connectivity index (χ0) is 22.9. The predicted molar refractivity (Wildman–Crippen MR) is 136 cm³/mol. The minimum atomic E-state index is 0. The predicted octanol–water partition coefficient (Wildman–Crippen LogP) is 6.49. The smallest absolute Gasteiger partial charge is 0.367 e. The van der Waals surface area contributed by atoms with Crippen LogP contribution in [0.3, 0.4) is 0 Å². The molecule has 172 valence electrons. The molecule has 35 heavy (non-hydrogen) atoms. The number of imidazole rings is 1. The molecule has 0 saturated carbocycles. The Morgan fingerprint density at radius 1 is 0.743 bits per heavy atom. The van der Waals surface area contributed by atoms with Gasteiger partial charge in [-0.3, -0.25) is 9.67 Å². The molecule has 0 atom stereocenters. The van der Waals surface area contributed by atoms with Crippen LogP contribution in [0.2, 0.25) is 0 Å². The molecule has 0 unspecified atom stereocenters. The Morgan fingerprint density at radius 3 is 2.26 bits per heavy atom. The third-order valence-electron chi connectivity index (χ3n) is 5.82. The number of aryl methyl sites for hydroxylation is 1. The van der Waals surface area contributed by atoms with Gasteiger partial charge in [-0.1, -0.05) is 36.0 Å². The molecule has 6 aromatic rings. The van der Waals surface area contributed by atoms with Crippen LogP contribution in [0.25, 0.3) is 28.1 Å². The summed E-state index contributed by atoms with van der Waals surface area (Å²) in [6.07, 6.45) is 3.69. The van der Waals surface area contributed by atoms with Crippen LogP contribution in [0.5, 0.6) is 0 Å². The van der Waals surface area contributed by atoms with Crippen LogP contribution in [-0.2, 0) is 28.1 Å². The van der Waals surface area contributed by atoms with E-state index in [0.29, 0.717) is 0 Å². The fourth-order valence-corrected chi connectivity index (χ4v) is 4.21. The molecular weight excluding hydrogens is 613 g/mol. The molecule has 6 rings (SSSR count). The number of rotatable bonds is 5. The molecule has 0 saturated heterocycles. The third-order valence-corrected chi connectivity index (χ3v) is 5.82. The molecule has 0 bridgehead atoms. The summed E-state index contributed by atoms with van der Waals surface area (Å²) in [5.74, 6) is 0.880. The maximum atomic E-state index is 4.87. The van der Waals surface area contributed by atoms with Crippen molar-refractivity contribution >= 4 is 28.1 Å². The van der Waals surface area contributed by atoms with E-state index in [9.17, 15) is 0 Å². The van der Waals surface area contributed by atoms with Gasteiger partial charge in [0.25, 0.3) is 0 Å². The minimum absolute atomic E-state index is 0. The number of para-hydroxylation sites is 3. The van der Waals surface area contributed by atoms with E-state index in [1.807, 2.05) is 78.6 Å². The second-order valence-electron chi connectivity index (χ2n) is 7.98. The van der Waals surface area contributed by atoms with E-state index in [4.69, 9.17) is 4.98 Å². The van der Waals surface area contributed by atoms with Gasteiger partial charge in [-0.05, 0) is 41.7 Å². The molecule has 0 aliphatic rings. The van der Waals surface area contributed by atoms with Crippen molar-refractivity contribution in [2.24, 2.45) is 7.05 Å². The Labute approximate surface area is 218 Å². The SMILES string of the molecule is Cn1c(-c2[c-]c(N(c3[c-]c(-n4cccn4)ccc3)c3ccccc3)ccc2)nc2ccccc21.[Pt+2]. The summed E-state index contributed by atoms with van der Waals surface area (Å²) < 4.78 is 3.93. The monoisotopic (exact) mass is 634 g/mol. The average molecular weight is 635 g/mol. The summed E-state index contributed by atoms with van der Waals surface area (Å²) in [5.41, 5.74) is 6.70. The molecule has 5 nitrogen and oxygen atoms in total. The molecule has 0 fully saturated rings. The van der Waals surface area contributed by atoms with E-state index in [2.05, 4.69) is 63.1 Å². The van der Waals surface area contributed by atoms with E-state index in [1.165, 1.54) is 0 Å². The van der Waals surface area contributed by atoms with E-state index >= 15 is 0 Å². The molecular formula is C29H21N5Pt. The number of hydrogen-bond donors (Lipinski definition) is 0. The number of aromatic nitrogens is 4. The van der Waals surface area contributed by atoms with Gasteiger partial charge in [-0.25, -0.2) is 0 Å². The molecule has 2 aromatic heterocycles. The fraction of sp³-hybridized carbons (Fsp3) is 0.0345. The summed E-state index contributed by atoms with van der Waals surface area (Å²) >= 11 is 0. The quantitative estimate of drug-likeness (QED) is 0.204. The van der Waals surface area contributed by atoms with Gasteiger partial charge in [-0.15, -0.1) is 48.0 Å². The largest absolute Gasteiger partial charge is 2.00 e. The molecule has 0 aliphatic carbocycles. The maximum Gasteiger partial charge on any atom is 2.00 e.